The SMILES string of the molecule is N[C@H](C(=O)NCCc1ccc(Cl)s1)c1ccccc1. The molecule has 0 radical (unpaired) electrons. The van der Waals surface area contributed by atoms with E-state index in [-0.39, 0.29) is 5.91 Å². The summed E-state index contributed by atoms with van der Waals surface area (Å²) < 4.78 is 0.766. The lowest BCUT2D eigenvalue weighted by Gasteiger charge is -2.12. The number of rotatable bonds is 5. The summed E-state index contributed by atoms with van der Waals surface area (Å²) in [7, 11) is 0. The van der Waals surface area contributed by atoms with Gasteiger partial charge in [-0.15, -0.1) is 11.3 Å². The molecule has 1 amide bonds. The van der Waals surface area contributed by atoms with Crippen LogP contribution < -0.4 is 11.1 Å². The van der Waals surface area contributed by atoms with Gasteiger partial charge >= 0.3 is 0 Å². The molecule has 0 spiro atoms. The van der Waals surface area contributed by atoms with E-state index in [2.05, 4.69) is 5.32 Å². The number of halogens is 1. The average molecular weight is 295 g/mol. The maximum atomic E-state index is 11.9. The number of benzene rings is 1. The Hall–Kier alpha value is -1.36. The first-order chi connectivity index (χ1) is 9.16. The fraction of sp³-hybridized carbons (Fsp3) is 0.214. The zero-order valence-corrected chi connectivity index (χ0v) is 11.9. The molecule has 2 rings (SSSR count). The lowest BCUT2D eigenvalue weighted by atomic mass is 10.1. The molecule has 1 aromatic heterocycles. The van der Waals surface area contributed by atoms with Crippen LogP contribution in [0.3, 0.4) is 0 Å². The molecule has 0 aliphatic heterocycles. The number of amides is 1. The third kappa shape index (κ3) is 4.06. The molecule has 1 heterocycles. The van der Waals surface area contributed by atoms with E-state index in [1.807, 2.05) is 42.5 Å². The minimum atomic E-state index is -0.617. The fourth-order valence-corrected chi connectivity index (χ4v) is 2.80. The Labute approximate surface area is 121 Å². The fourth-order valence-electron chi connectivity index (χ4n) is 1.72. The van der Waals surface area contributed by atoms with Crippen LogP contribution in [0.15, 0.2) is 42.5 Å². The number of carbonyl (C=O) groups is 1. The molecule has 3 N–H and O–H groups in total. The van der Waals surface area contributed by atoms with E-state index in [9.17, 15) is 4.79 Å². The van der Waals surface area contributed by atoms with E-state index in [0.29, 0.717) is 6.54 Å². The Morgan fingerprint density at radius 2 is 2.00 bits per heavy atom. The molecule has 0 aliphatic rings. The van der Waals surface area contributed by atoms with Gasteiger partial charge in [-0.3, -0.25) is 4.79 Å². The van der Waals surface area contributed by atoms with Crippen molar-refractivity contribution in [1.29, 1.82) is 0 Å². The summed E-state index contributed by atoms with van der Waals surface area (Å²) in [6.07, 6.45) is 0.768. The molecular formula is C14H15ClN2OS. The number of thiophene rings is 1. The summed E-state index contributed by atoms with van der Waals surface area (Å²) in [5.41, 5.74) is 6.71. The first-order valence-corrected chi connectivity index (χ1v) is 7.18. The summed E-state index contributed by atoms with van der Waals surface area (Å²) >= 11 is 7.37. The van der Waals surface area contributed by atoms with E-state index in [0.717, 1.165) is 21.2 Å². The van der Waals surface area contributed by atoms with Crippen LogP contribution in [-0.4, -0.2) is 12.5 Å². The van der Waals surface area contributed by atoms with Crippen LogP contribution in [0.5, 0.6) is 0 Å². The van der Waals surface area contributed by atoms with Gasteiger partial charge in [-0.2, -0.15) is 0 Å². The van der Waals surface area contributed by atoms with Crippen LogP contribution >= 0.6 is 22.9 Å². The van der Waals surface area contributed by atoms with Gasteiger partial charge in [0.1, 0.15) is 6.04 Å². The molecule has 0 unspecified atom stereocenters. The van der Waals surface area contributed by atoms with E-state index in [4.69, 9.17) is 17.3 Å². The van der Waals surface area contributed by atoms with Gasteiger partial charge in [0.25, 0.3) is 0 Å². The van der Waals surface area contributed by atoms with Crippen molar-refractivity contribution in [3.8, 4) is 0 Å². The van der Waals surface area contributed by atoms with Crippen molar-refractivity contribution in [1.82, 2.24) is 5.32 Å². The minimum absolute atomic E-state index is 0.158. The molecule has 0 bridgehead atoms. The lowest BCUT2D eigenvalue weighted by molar-refractivity contribution is -0.122. The predicted molar refractivity (Wildman–Crippen MR) is 79.4 cm³/mol. The summed E-state index contributed by atoms with van der Waals surface area (Å²) in [6.45, 7) is 0.566. The minimum Gasteiger partial charge on any atom is -0.354 e. The van der Waals surface area contributed by atoms with Crippen LogP contribution in [0.4, 0.5) is 0 Å². The smallest absolute Gasteiger partial charge is 0.241 e. The third-order valence-corrected chi connectivity index (χ3v) is 4.03. The number of hydrogen-bond donors (Lipinski definition) is 2. The highest BCUT2D eigenvalue weighted by Gasteiger charge is 2.14. The molecule has 2 aromatic rings. The normalized spacial score (nSPS) is 12.1. The standard InChI is InChI=1S/C14H15ClN2OS/c15-12-7-6-11(19-12)8-9-17-14(18)13(16)10-4-2-1-3-5-10/h1-7,13H,8-9,16H2,(H,17,18)/t13-/m0/s1. The highest BCUT2D eigenvalue weighted by Crippen LogP contribution is 2.21. The summed E-state index contributed by atoms with van der Waals surface area (Å²) in [5.74, 6) is -0.158. The number of carbonyl (C=O) groups excluding carboxylic acids is 1. The molecule has 19 heavy (non-hydrogen) atoms. The topological polar surface area (TPSA) is 55.1 Å². The van der Waals surface area contributed by atoms with Gasteiger partial charge < -0.3 is 11.1 Å². The van der Waals surface area contributed by atoms with Crippen LogP contribution in [0.1, 0.15) is 16.5 Å². The molecule has 3 nitrogen and oxygen atoms in total. The van der Waals surface area contributed by atoms with Crippen molar-refractivity contribution < 1.29 is 4.79 Å². The predicted octanol–water partition coefficient (Wildman–Crippen LogP) is 2.76. The Bertz CT molecular complexity index is 541. The van der Waals surface area contributed by atoms with Crippen molar-refractivity contribution in [2.45, 2.75) is 12.5 Å². The highest BCUT2D eigenvalue weighted by molar-refractivity contribution is 7.16. The zero-order valence-electron chi connectivity index (χ0n) is 10.3. The number of hydrogen-bond acceptors (Lipinski definition) is 3. The first kappa shape index (κ1) is 14.1. The summed E-state index contributed by atoms with van der Waals surface area (Å²) in [5, 5.41) is 2.84. The Morgan fingerprint density at radius 3 is 2.63 bits per heavy atom. The molecule has 5 heteroatoms. The Morgan fingerprint density at radius 1 is 1.26 bits per heavy atom. The first-order valence-electron chi connectivity index (χ1n) is 5.99. The second-order valence-electron chi connectivity index (χ2n) is 4.14. The van der Waals surface area contributed by atoms with E-state index < -0.39 is 6.04 Å². The van der Waals surface area contributed by atoms with Gasteiger partial charge in [-0.1, -0.05) is 41.9 Å². The van der Waals surface area contributed by atoms with Gasteiger partial charge in [0.2, 0.25) is 5.91 Å². The van der Waals surface area contributed by atoms with Gasteiger partial charge in [-0.05, 0) is 24.1 Å². The van der Waals surface area contributed by atoms with Crippen molar-refractivity contribution in [2.24, 2.45) is 5.73 Å². The highest BCUT2D eigenvalue weighted by atomic mass is 35.5. The second-order valence-corrected chi connectivity index (χ2v) is 5.93. The number of nitrogens with one attached hydrogen (secondary N) is 1. The molecule has 1 atom stereocenters. The van der Waals surface area contributed by atoms with Crippen LogP contribution in [-0.2, 0) is 11.2 Å². The Balaban J connectivity index is 1.81. The van der Waals surface area contributed by atoms with Crippen LogP contribution in [0, 0.1) is 0 Å². The van der Waals surface area contributed by atoms with Crippen molar-refractivity contribution in [2.75, 3.05) is 6.54 Å². The van der Waals surface area contributed by atoms with Crippen molar-refractivity contribution in [3.05, 3.63) is 57.2 Å². The maximum Gasteiger partial charge on any atom is 0.241 e. The quantitative estimate of drug-likeness (QED) is 0.891. The van der Waals surface area contributed by atoms with Gasteiger partial charge in [0.15, 0.2) is 0 Å². The molecule has 1 aromatic carbocycles. The van der Waals surface area contributed by atoms with Crippen LogP contribution in [0.2, 0.25) is 4.34 Å². The monoisotopic (exact) mass is 294 g/mol. The van der Waals surface area contributed by atoms with Crippen LogP contribution in [0.25, 0.3) is 0 Å². The number of nitrogens with two attached hydrogens (primary N) is 1. The summed E-state index contributed by atoms with van der Waals surface area (Å²) in [6, 6.07) is 12.6. The molecule has 0 saturated heterocycles. The van der Waals surface area contributed by atoms with E-state index >= 15 is 0 Å². The third-order valence-electron chi connectivity index (χ3n) is 2.74. The lowest BCUT2D eigenvalue weighted by Crippen LogP contribution is -2.35. The van der Waals surface area contributed by atoms with E-state index in [1.165, 1.54) is 11.3 Å². The molecular weight excluding hydrogens is 280 g/mol. The van der Waals surface area contributed by atoms with Gasteiger partial charge in [-0.25, -0.2) is 0 Å². The van der Waals surface area contributed by atoms with E-state index in [1.54, 1.807) is 0 Å². The zero-order chi connectivity index (χ0) is 13.7. The van der Waals surface area contributed by atoms with Crippen molar-refractivity contribution >= 4 is 28.8 Å². The summed E-state index contributed by atoms with van der Waals surface area (Å²) in [4.78, 5) is 13.0. The average Bonchev–Trinajstić information content (AvgIpc) is 2.84. The van der Waals surface area contributed by atoms with Crippen molar-refractivity contribution in [3.63, 3.8) is 0 Å². The second kappa shape index (κ2) is 6.70. The molecule has 0 fully saturated rings. The molecule has 0 saturated carbocycles. The maximum absolute atomic E-state index is 11.9. The Kier molecular flexibility index (Phi) is 4.96. The van der Waals surface area contributed by atoms with Gasteiger partial charge in [0.05, 0.1) is 4.34 Å². The molecule has 0 aliphatic carbocycles. The largest absolute Gasteiger partial charge is 0.354 e. The van der Waals surface area contributed by atoms with Gasteiger partial charge in [0, 0.05) is 11.4 Å². The molecule has 100 valence electrons.